The van der Waals surface area contributed by atoms with Gasteiger partial charge >= 0.3 is 0 Å². The third kappa shape index (κ3) is 6.31. The smallest absolute Gasteiger partial charge is 0.224 e. The SMILES string of the molecule is O=C1CCN(Cc2cccc(Cl)c2)CCNCCN1Cc1ccc(F)cc1. The minimum Gasteiger partial charge on any atom is -0.337 e. The zero-order valence-corrected chi connectivity index (χ0v) is 16.1. The molecule has 0 spiro atoms. The van der Waals surface area contributed by atoms with E-state index in [4.69, 9.17) is 11.6 Å². The monoisotopic (exact) mass is 389 g/mol. The molecule has 2 aromatic rings. The Kier molecular flexibility index (Phi) is 7.21. The average Bonchev–Trinajstić information content (AvgIpc) is 2.65. The zero-order chi connectivity index (χ0) is 19.1. The van der Waals surface area contributed by atoms with Crippen LogP contribution in [0.15, 0.2) is 48.5 Å². The molecule has 0 unspecified atom stereocenters. The van der Waals surface area contributed by atoms with Gasteiger partial charge in [0.25, 0.3) is 0 Å². The summed E-state index contributed by atoms with van der Waals surface area (Å²) in [4.78, 5) is 16.9. The van der Waals surface area contributed by atoms with Crippen molar-refractivity contribution in [1.29, 1.82) is 0 Å². The molecule has 0 saturated carbocycles. The third-order valence-corrected chi connectivity index (χ3v) is 4.97. The van der Waals surface area contributed by atoms with Gasteiger partial charge < -0.3 is 10.2 Å². The molecule has 1 aliphatic rings. The molecule has 6 heteroatoms. The largest absolute Gasteiger partial charge is 0.337 e. The Bertz CT molecular complexity index is 753. The highest BCUT2D eigenvalue weighted by atomic mass is 35.5. The minimum atomic E-state index is -0.260. The zero-order valence-electron chi connectivity index (χ0n) is 15.3. The van der Waals surface area contributed by atoms with E-state index in [1.807, 2.05) is 23.1 Å². The molecule has 1 amide bonds. The first-order chi connectivity index (χ1) is 13.1. The summed E-state index contributed by atoms with van der Waals surface area (Å²) in [6.07, 6.45) is 0.474. The van der Waals surface area contributed by atoms with E-state index in [-0.39, 0.29) is 11.7 Å². The van der Waals surface area contributed by atoms with E-state index in [9.17, 15) is 9.18 Å². The maximum atomic E-state index is 13.1. The van der Waals surface area contributed by atoms with E-state index in [1.54, 1.807) is 12.1 Å². The Morgan fingerprint density at radius 2 is 1.74 bits per heavy atom. The van der Waals surface area contributed by atoms with Gasteiger partial charge in [0.2, 0.25) is 5.91 Å². The predicted molar refractivity (Wildman–Crippen MR) is 106 cm³/mol. The van der Waals surface area contributed by atoms with Crippen LogP contribution in [0.4, 0.5) is 4.39 Å². The average molecular weight is 390 g/mol. The van der Waals surface area contributed by atoms with E-state index in [1.165, 1.54) is 12.1 Å². The Balaban J connectivity index is 1.61. The summed E-state index contributed by atoms with van der Waals surface area (Å²) in [6, 6.07) is 14.2. The molecular formula is C21H25ClFN3O. The maximum Gasteiger partial charge on any atom is 0.224 e. The second-order valence-corrected chi connectivity index (χ2v) is 7.28. The molecule has 1 aliphatic heterocycles. The fourth-order valence-corrected chi connectivity index (χ4v) is 3.47. The summed E-state index contributed by atoms with van der Waals surface area (Å²) >= 11 is 6.08. The van der Waals surface area contributed by atoms with E-state index in [2.05, 4.69) is 16.3 Å². The first-order valence-electron chi connectivity index (χ1n) is 9.30. The number of halogens is 2. The molecule has 27 heavy (non-hydrogen) atoms. The van der Waals surface area contributed by atoms with Crippen LogP contribution in [-0.4, -0.2) is 48.4 Å². The summed E-state index contributed by atoms with van der Waals surface area (Å²) in [5.74, 6) is -0.136. The molecule has 2 aromatic carbocycles. The van der Waals surface area contributed by atoms with Crippen molar-refractivity contribution in [3.05, 3.63) is 70.5 Å². The molecule has 0 bridgehead atoms. The van der Waals surface area contributed by atoms with Crippen LogP contribution in [0, 0.1) is 5.82 Å². The second kappa shape index (κ2) is 9.83. The quantitative estimate of drug-likeness (QED) is 0.871. The van der Waals surface area contributed by atoms with Gasteiger partial charge in [0.15, 0.2) is 0 Å². The number of hydrogen-bond donors (Lipinski definition) is 1. The van der Waals surface area contributed by atoms with Crippen molar-refractivity contribution in [3.8, 4) is 0 Å². The van der Waals surface area contributed by atoms with E-state index in [0.29, 0.717) is 26.1 Å². The number of nitrogens with one attached hydrogen (secondary N) is 1. The van der Waals surface area contributed by atoms with Gasteiger partial charge in [0.05, 0.1) is 0 Å². The van der Waals surface area contributed by atoms with Crippen molar-refractivity contribution >= 4 is 17.5 Å². The third-order valence-electron chi connectivity index (χ3n) is 4.74. The van der Waals surface area contributed by atoms with Crippen LogP contribution >= 0.6 is 11.6 Å². The number of benzene rings is 2. The van der Waals surface area contributed by atoms with Gasteiger partial charge in [-0.25, -0.2) is 4.39 Å². The first-order valence-corrected chi connectivity index (χ1v) is 9.68. The Hall–Kier alpha value is -1.95. The Labute approximate surface area is 164 Å². The molecular weight excluding hydrogens is 365 g/mol. The van der Waals surface area contributed by atoms with Crippen molar-refractivity contribution in [1.82, 2.24) is 15.1 Å². The van der Waals surface area contributed by atoms with Crippen molar-refractivity contribution in [3.63, 3.8) is 0 Å². The Morgan fingerprint density at radius 3 is 2.52 bits per heavy atom. The summed E-state index contributed by atoms with van der Waals surface area (Å²) in [7, 11) is 0. The Morgan fingerprint density at radius 1 is 0.963 bits per heavy atom. The lowest BCUT2D eigenvalue weighted by Gasteiger charge is -2.28. The minimum absolute atomic E-state index is 0.124. The molecule has 0 atom stereocenters. The van der Waals surface area contributed by atoms with Crippen LogP contribution in [0.1, 0.15) is 17.5 Å². The van der Waals surface area contributed by atoms with Crippen LogP contribution in [0.25, 0.3) is 0 Å². The summed E-state index contributed by atoms with van der Waals surface area (Å²) in [5.41, 5.74) is 2.09. The highest BCUT2D eigenvalue weighted by Gasteiger charge is 2.17. The van der Waals surface area contributed by atoms with Gasteiger partial charge in [-0.3, -0.25) is 9.69 Å². The molecule has 1 N–H and O–H groups in total. The number of carbonyl (C=O) groups excluding carboxylic acids is 1. The standard InChI is InChI=1S/C21H25ClFN3O/c22-19-3-1-2-18(14-19)15-25-11-8-21(27)26(13-10-24-9-12-25)16-17-4-6-20(23)7-5-17/h1-7,14,24H,8-13,15-16H2. The lowest BCUT2D eigenvalue weighted by atomic mass is 10.2. The van der Waals surface area contributed by atoms with Crippen molar-refractivity contribution < 1.29 is 9.18 Å². The van der Waals surface area contributed by atoms with Crippen LogP contribution in [0.3, 0.4) is 0 Å². The van der Waals surface area contributed by atoms with Gasteiger partial charge in [-0.15, -0.1) is 0 Å². The van der Waals surface area contributed by atoms with Gasteiger partial charge in [0, 0.05) is 57.3 Å². The summed E-state index contributed by atoms with van der Waals surface area (Å²) in [5, 5.41) is 4.14. The highest BCUT2D eigenvalue weighted by Crippen LogP contribution is 2.14. The highest BCUT2D eigenvalue weighted by molar-refractivity contribution is 6.30. The van der Waals surface area contributed by atoms with E-state index in [0.717, 1.165) is 42.3 Å². The summed E-state index contributed by atoms with van der Waals surface area (Å²) < 4.78 is 13.1. The van der Waals surface area contributed by atoms with Gasteiger partial charge in [-0.2, -0.15) is 0 Å². The molecule has 0 aliphatic carbocycles. The normalized spacial score (nSPS) is 17.1. The number of carbonyl (C=O) groups is 1. The summed E-state index contributed by atoms with van der Waals surface area (Å²) in [6.45, 7) is 5.15. The van der Waals surface area contributed by atoms with Gasteiger partial charge in [0.1, 0.15) is 5.82 Å². The number of amides is 1. The predicted octanol–water partition coefficient (Wildman–Crippen LogP) is 3.30. The molecule has 4 nitrogen and oxygen atoms in total. The van der Waals surface area contributed by atoms with E-state index >= 15 is 0 Å². The second-order valence-electron chi connectivity index (χ2n) is 6.85. The number of hydrogen-bond acceptors (Lipinski definition) is 3. The lowest BCUT2D eigenvalue weighted by Crippen LogP contribution is -2.42. The van der Waals surface area contributed by atoms with Crippen LogP contribution in [0.5, 0.6) is 0 Å². The first kappa shape index (κ1) is 19.8. The van der Waals surface area contributed by atoms with Crippen molar-refractivity contribution in [2.75, 3.05) is 32.7 Å². The number of rotatable bonds is 4. The van der Waals surface area contributed by atoms with Gasteiger partial charge in [-0.05, 0) is 35.4 Å². The fraction of sp³-hybridized carbons (Fsp3) is 0.381. The molecule has 0 aromatic heterocycles. The maximum absolute atomic E-state index is 13.1. The molecule has 0 radical (unpaired) electrons. The van der Waals surface area contributed by atoms with Gasteiger partial charge in [-0.1, -0.05) is 35.9 Å². The van der Waals surface area contributed by atoms with Crippen molar-refractivity contribution in [2.45, 2.75) is 19.5 Å². The number of nitrogens with zero attached hydrogens (tertiary/aromatic N) is 2. The lowest BCUT2D eigenvalue weighted by molar-refractivity contribution is -0.132. The van der Waals surface area contributed by atoms with Crippen molar-refractivity contribution in [2.24, 2.45) is 0 Å². The fourth-order valence-electron chi connectivity index (χ4n) is 3.25. The molecule has 144 valence electrons. The molecule has 1 fully saturated rings. The molecule has 1 heterocycles. The topological polar surface area (TPSA) is 35.6 Å². The van der Waals surface area contributed by atoms with Crippen LogP contribution in [-0.2, 0) is 17.9 Å². The van der Waals surface area contributed by atoms with Crippen LogP contribution < -0.4 is 5.32 Å². The molecule has 1 saturated heterocycles. The van der Waals surface area contributed by atoms with Crippen LogP contribution in [0.2, 0.25) is 5.02 Å². The van der Waals surface area contributed by atoms with E-state index < -0.39 is 0 Å². The molecule has 3 rings (SSSR count).